The van der Waals surface area contributed by atoms with Crippen LogP contribution in [-0.4, -0.2) is 57.0 Å². The summed E-state index contributed by atoms with van der Waals surface area (Å²) < 4.78 is 24.2. The smallest absolute Gasteiger partial charge is 0.368 e. The molecule has 0 amide bonds. The number of halogens is 3. The van der Waals surface area contributed by atoms with Gasteiger partial charge in [-0.25, -0.2) is 14.5 Å². The molecule has 2 atom stereocenters. The number of aromatic nitrogens is 9. The van der Waals surface area contributed by atoms with Crippen molar-refractivity contribution in [1.82, 2.24) is 44.3 Å². The van der Waals surface area contributed by atoms with Crippen LogP contribution >= 0.6 is 34.8 Å². The van der Waals surface area contributed by atoms with Gasteiger partial charge in [0, 0.05) is 41.4 Å². The lowest BCUT2D eigenvalue weighted by Crippen LogP contribution is -2.34. The Morgan fingerprint density at radius 2 is 1.79 bits per heavy atom. The number of ether oxygens (including phenoxy) is 3. The molecule has 53 heavy (non-hydrogen) atoms. The van der Waals surface area contributed by atoms with Gasteiger partial charge in [-0.05, 0) is 85.1 Å². The molecular weight excluding hydrogens is 741 g/mol. The summed E-state index contributed by atoms with van der Waals surface area (Å²) in [5, 5.41) is 18.1. The largest absolute Gasteiger partial charge is 0.489 e. The number of rotatable bonds is 10. The SMILES string of the molecule is CCCC1COC(Cn2cncn2)(c2ccc(Cl)cc2Cl)O1.Cc1cc(-c2nn(C)c(Cl)c2C)ccc1OCc1c(C)cccc1-n1nnn(C)c1=O. The fourth-order valence-corrected chi connectivity index (χ4v) is 6.87. The maximum atomic E-state index is 12.3. The summed E-state index contributed by atoms with van der Waals surface area (Å²) in [5.74, 6) is -0.209. The van der Waals surface area contributed by atoms with E-state index in [2.05, 4.69) is 32.5 Å². The summed E-state index contributed by atoms with van der Waals surface area (Å²) in [6.45, 7) is 9.25. The van der Waals surface area contributed by atoms with Crippen molar-refractivity contribution in [3.63, 3.8) is 0 Å². The molecule has 0 saturated carbocycles. The lowest BCUT2D eigenvalue weighted by Gasteiger charge is -2.29. The Kier molecular flexibility index (Phi) is 11.7. The Hall–Kier alpha value is -4.53. The third kappa shape index (κ3) is 8.19. The molecule has 16 heteroatoms. The van der Waals surface area contributed by atoms with Crippen molar-refractivity contribution in [3.05, 3.63) is 121 Å². The third-order valence-corrected chi connectivity index (χ3v) is 10.1. The predicted octanol–water partition coefficient (Wildman–Crippen LogP) is 7.18. The van der Waals surface area contributed by atoms with Crippen LogP contribution in [0.5, 0.6) is 5.75 Å². The summed E-state index contributed by atoms with van der Waals surface area (Å²) in [6, 6.07) is 17.0. The van der Waals surface area contributed by atoms with Crippen molar-refractivity contribution in [2.24, 2.45) is 14.1 Å². The number of aryl methyl sites for hydroxylation is 4. The van der Waals surface area contributed by atoms with Gasteiger partial charge in [-0.2, -0.15) is 19.6 Å². The second-order valence-corrected chi connectivity index (χ2v) is 14.0. The number of tetrazole rings is 1. The van der Waals surface area contributed by atoms with Gasteiger partial charge in [0.1, 0.15) is 36.7 Å². The minimum atomic E-state index is -0.963. The van der Waals surface area contributed by atoms with E-state index in [0.717, 1.165) is 57.7 Å². The van der Waals surface area contributed by atoms with Gasteiger partial charge >= 0.3 is 5.69 Å². The number of benzene rings is 3. The van der Waals surface area contributed by atoms with Crippen LogP contribution in [0.2, 0.25) is 15.2 Å². The van der Waals surface area contributed by atoms with E-state index in [1.807, 2.05) is 70.3 Å². The van der Waals surface area contributed by atoms with Gasteiger partial charge in [0.15, 0.2) is 0 Å². The summed E-state index contributed by atoms with van der Waals surface area (Å²) in [6.07, 6.45) is 5.12. The van der Waals surface area contributed by atoms with Gasteiger partial charge in [-0.1, -0.05) is 66.3 Å². The molecule has 13 nitrogen and oxygen atoms in total. The van der Waals surface area contributed by atoms with Crippen LogP contribution in [0.25, 0.3) is 16.9 Å². The molecule has 3 aromatic heterocycles. The molecular formula is C37H40Cl3N9O4. The Morgan fingerprint density at radius 3 is 2.43 bits per heavy atom. The van der Waals surface area contributed by atoms with Crippen molar-refractivity contribution in [1.29, 1.82) is 0 Å². The molecule has 0 bridgehead atoms. The molecule has 6 aromatic rings. The molecule has 0 N–H and O–H groups in total. The molecule has 0 radical (unpaired) electrons. The summed E-state index contributed by atoms with van der Waals surface area (Å²) >= 11 is 18.6. The van der Waals surface area contributed by atoms with Crippen molar-refractivity contribution in [3.8, 4) is 22.7 Å². The van der Waals surface area contributed by atoms with E-state index < -0.39 is 5.79 Å². The number of hydrogen-bond acceptors (Lipinski definition) is 9. The lowest BCUT2D eigenvalue weighted by molar-refractivity contribution is -0.189. The molecule has 1 aliphatic heterocycles. The molecule has 3 aromatic carbocycles. The molecule has 278 valence electrons. The van der Waals surface area contributed by atoms with E-state index in [1.165, 1.54) is 15.7 Å². The van der Waals surface area contributed by atoms with Crippen molar-refractivity contribution >= 4 is 34.8 Å². The van der Waals surface area contributed by atoms with Crippen LogP contribution < -0.4 is 10.4 Å². The fourth-order valence-electron chi connectivity index (χ4n) is 6.19. The van der Waals surface area contributed by atoms with E-state index >= 15 is 0 Å². The highest BCUT2D eigenvalue weighted by Crippen LogP contribution is 2.41. The van der Waals surface area contributed by atoms with Crippen molar-refractivity contribution < 1.29 is 14.2 Å². The van der Waals surface area contributed by atoms with E-state index in [1.54, 1.807) is 34.9 Å². The second-order valence-electron chi connectivity index (χ2n) is 12.8. The molecule has 2 unspecified atom stereocenters. The van der Waals surface area contributed by atoms with E-state index in [4.69, 9.17) is 49.0 Å². The van der Waals surface area contributed by atoms with Gasteiger partial charge in [-0.15, -0.1) is 0 Å². The van der Waals surface area contributed by atoms with Crippen LogP contribution in [0.4, 0.5) is 0 Å². The normalized spacial score (nSPS) is 16.8. The van der Waals surface area contributed by atoms with E-state index in [0.29, 0.717) is 40.6 Å². The second kappa shape index (κ2) is 16.2. The van der Waals surface area contributed by atoms with Crippen LogP contribution in [0.3, 0.4) is 0 Å². The maximum Gasteiger partial charge on any atom is 0.368 e. The Bertz CT molecular complexity index is 2270. The molecule has 7 rings (SSSR count). The zero-order valence-corrected chi connectivity index (χ0v) is 32.5. The van der Waals surface area contributed by atoms with Crippen LogP contribution in [-0.2, 0) is 42.5 Å². The zero-order valence-electron chi connectivity index (χ0n) is 30.3. The maximum absolute atomic E-state index is 12.3. The fraction of sp³-hybridized carbons (Fsp3) is 0.351. The first-order valence-electron chi connectivity index (χ1n) is 17.0. The highest BCUT2D eigenvalue weighted by Gasteiger charge is 2.45. The highest BCUT2D eigenvalue weighted by molar-refractivity contribution is 6.35. The minimum Gasteiger partial charge on any atom is -0.489 e. The van der Waals surface area contributed by atoms with Crippen molar-refractivity contribution in [2.75, 3.05) is 6.61 Å². The Labute approximate surface area is 322 Å². The highest BCUT2D eigenvalue weighted by atomic mass is 35.5. The topological polar surface area (TPSA) is 129 Å². The zero-order chi connectivity index (χ0) is 37.9. The summed E-state index contributed by atoms with van der Waals surface area (Å²) in [5.41, 5.74) is 6.74. The number of nitrogens with zero attached hydrogens (tertiary/aromatic N) is 9. The molecule has 1 fully saturated rings. The average molecular weight is 781 g/mol. The molecule has 4 heterocycles. The third-order valence-electron chi connectivity index (χ3n) is 9.00. The van der Waals surface area contributed by atoms with Gasteiger partial charge in [0.05, 0.1) is 29.1 Å². The molecule has 1 saturated heterocycles. The predicted molar refractivity (Wildman–Crippen MR) is 203 cm³/mol. The summed E-state index contributed by atoms with van der Waals surface area (Å²) in [4.78, 5) is 16.3. The first-order chi connectivity index (χ1) is 25.4. The Balaban J connectivity index is 0.000000192. The molecule has 0 spiro atoms. The van der Waals surface area contributed by atoms with Gasteiger partial charge in [0.25, 0.3) is 0 Å². The first-order valence-corrected chi connectivity index (χ1v) is 18.1. The first kappa shape index (κ1) is 38.2. The quantitative estimate of drug-likeness (QED) is 0.142. The average Bonchev–Trinajstić information content (AvgIpc) is 3.92. The van der Waals surface area contributed by atoms with E-state index in [-0.39, 0.29) is 11.8 Å². The standard InChI is InChI=1S/C22H23ClN6O2.C15H17Cl2N3O2/c1-13-7-6-8-18(29-22(30)28(5)25-26-29)17(13)12-31-19-10-9-16(11-14(19)2)20-15(3)21(23)27(4)24-20;1-2-3-12-7-21-15(22-12,8-20-10-18-9-19-20)13-5-4-11(16)6-14(13)17/h6-11H,12H2,1-5H3;4-6,9-10,12H,2-3,7-8H2,1H3. The monoisotopic (exact) mass is 779 g/mol. The van der Waals surface area contributed by atoms with Gasteiger partial charge in [-0.3, -0.25) is 4.68 Å². The van der Waals surface area contributed by atoms with Gasteiger partial charge in [0.2, 0.25) is 5.79 Å². The molecule has 1 aliphatic rings. The van der Waals surface area contributed by atoms with Crippen LogP contribution in [0.1, 0.15) is 47.6 Å². The summed E-state index contributed by atoms with van der Waals surface area (Å²) in [7, 11) is 3.39. The molecule has 0 aliphatic carbocycles. The van der Waals surface area contributed by atoms with Crippen LogP contribution in [0.15, 0.2) is 72.0 Å². The lowest BCUT2D eigenvalue weighted by atomic mass is 10.1. The van der Waals surface area contributed by atoms with Crippen molar-refractivity contribution in [2.45, 2.75) is 65.6 Å². The van der Waals surface area contributed by atoms with Crippen LogP contribution in [0, 0.1) is 20.8 Å². The van der Waals surface area contributed by atoms with Gasteiger partial charge < -0.3 is 14.2 Å². The Morgan fingerprint density at radius 1 is 0.981 bits per heavy atom. The minimum absolute atomic E-state index is 0.0419. The van der Waals surface area contributed by atoms with E-state index in [9.17, 15) is 4.79 Å². The number of hydrogen-bond donors (Lipinski definition) is 0.